The number of hydrogen-bond acceptors (Lipinski definition) is 1. The van der Waals surface area contributed by atoms with Gasteiger partial charge in [0.05, 0.1) is 0 Å². The Labute approximate surface area is 99.9 Å². The van der Waals surface area contributed by atoms with Crippen LogP contribution in [0.5, 0.6) is 0 Å². The molecule has 0 fully saturated rings. The van der Waals surface area contributed by atoms with Crippen molar-refractivity contribution in [3.05, 3.63) is 31.8 Å². The third kappa shape index (κ3) is 2.69. The molecule has 0 saturated carbocycles. The molecular weight excluding hydrogens is 376 g/mol. The number of rotatable bonds is 1. The highest BCUT2D eigenvalue weighted by Crippen LogP contribution is 2.25. The molecule has 76 valence electrons. The number of carbonyl (C=O) groups excluding carboxylic acids is 1. The molecular formula is C8H3BrF3IO. The second kappa shape index (κ2) is 4.18. The molecule has 14 heavy (non-hydrogen) atoms. The van der Waals surface area contributed by atoms with Gasteiger partial charge in [0, 0.05) is 13.6 Å². The van der Waals surface area contributed by atoms with Gasteiger partial charge in [0.2, 0.25) is 0 Å². The van der Waals surface area contributed by atoms with Gasteiger partial charge in [-0.05, 0) is 56.7 Å². The molecule has 1 aromatic carbocycles. The Morgan fingerprint density at radius 3 is 2.36 bits per heavy atom. The summed E-state index contributed by atoms with van der Waals surface area (Å²) in [5.74, 6) is -1.82. The first-order valence-electron chi connectivity index (χ1n) is 3.39. The lowest BCUT2D eigenvalue weighted by Crippen LogP contribution is -2.22. The van der Waals surface area contributed by atoms with Crippen molar-refractivity contribution in [2.24, 2.45) is 0 Å². The smallest absolute Gasteiger partial charge is 0.284 e. The van der Waals surface area contributed by atoms with E-state index in [1.807, 2.05) is 22.6 Å². The van der Waals surface area contributed by atoms with Gasteiger partial charge in [-0.2, -0.15) is 13.2 Å². The van der Waals surface area contributed by atoms with Gasteiger partial charge in [-0.3, -0.25) is 4.79 Å². The number of hydrogen-bond donors (Lipinski definition) is 0. The number of benzene rings is 1. The first-order valence-corrected chi connectivity index (χ1v) is 5.26. The lowest BCUT2D eigenvalue weighted by molar-refractivity contribution is -0.0885. The topological polar surface area (TPSA) is 17.1 Å². The van der Waals surface area contributed by atoms with Gasteiger partial charge in [-0.25, -0.2) is 0 Å². The van der Waals surface area contributed by atoms with E-state index in [4.69, 9.17) is 0 Å². The van der Waals surface area contributed by atoms with Crippen molar-refractivity contribution < 1.29 is 18.0 Å². The average Bonchev–Trinajstić information content (AvgIpc) is 2.07. The molecule has 1 aromatic rings. The second-order valence-electron chi connectivity index (χ2n) is 2.46. The summed E-state index contributed by atoms with van der Waals surface area (Å²) in [4.78, 5) is 10.8. The lowest BCUT2D eigenvalue weighted by atomic mass is 10.1. The summed E-state index contributed by atoms with van der Waals surface area (Å²) < 4.78 is 37.2. The van der Waals surface area contributed by atoms with Gasteiger partial charge in [-0.1, -0.05) is 0 Å². The van der Waals surface area contributed by atoms with Crippen LogP contribution < -0.4 is 0 Å². The molecule has 1 rings (SSSR count). The normalized spacial score (nSPS) is 11.5. The van der Waals surface area contributed by atoms with E-state index in [0.717, 1.165) is 6.07 Å². The van der Waals surface area contributed by atoms with Gasteiger partial charge in [-0.15, -0.1) is 0 Å². The highest BCUT2D eigenvalue weighted by atomic mass is 127. The van der Waals surface area contributed by atoms with Crippen molar-refractivity contribution in [2.45, 2.75) is 6.18 Å². The fraction of sp³-hybridized carbons (Fsp3) is 0.125. The Morgan fingerprint density at radius 2 is 1.93 bits per heavy atom. The summed E-state index contributed by atoms with van der Waals surface area (Å²) in [5, 5.41) is 0. The van der Waals surface area contributed by atoms with Crippen LogP contribution >= 0.6 is 38.5 Å². The molecule has 0 spiro atoms. The van der Waals surface area contributed by atoms with Crippen molar-refractivity contribution in [3.63, 3.8) is 0 Å². The van der Waals surface area contributed by atoms with Gasteiger partial charge < -0.3 is 0 Å². The summed E-state index contributed by atoms with van der Waals surface area (Å²) in [7, 11) is 0. The maximum atomic E-state index is 12.0. The van der Waals surface area contributed by atoms with Crippen LogP contribution in [-0.4, -0.2) is 12.0 Å². The Hall–Kier alpha value is -0.110. The molecule has 0 aromatic heterocycles. The largest absolute Gasteiger partial charge is 0.454 e. The zero-order chi connectivity index (χ0) is 10.9. The Morgan fingerprint density at radius 1 is 1.36 bits per heavy atom. The minimum atomic E-state index is -4.81. The molecule has 0 aliphatic heterocycles. The van der Waals surface area contributed by atoms with E-state index < -0.39 is 12.0 Å². The molecule has 0 unspecified atom stereocenters. The van der Waals surface area contributed by atoms with Gasteiger partial charge in [0.25, 0.3) is 5.78 Å². The van der Waals surface area contributed by atoms with E-state index in [9.17, 15) is 18.0 Å². The summed E-state index contributed by atoms with van der Waals surface area (Å²) >= 11 is 4.97. The minimum absolute atomic E-state index is 0.342. The molecule has 0 bridgehead atoms. The number of carbonyl (C=O) groups is 1. The van der Waals surface area contributed by atoms with Crippen LogP contribution in [0, 0.1) is 3.57 Å². The quantitative estimate of drug-likeness (QED) is 0.536. The van der Waals surface area contributed by atoms with E-state index in [2.05, 4.69) is 15.9 Å². The van der Waals surface area contributed by atoms with Gasteiger partial charge in [0.15, 0.2) is 0 Å². The van der Waals surface area contributed by atoms with Crippen molar-refractivity contribution in [1.82, 2.24) is 0 Å². The third-order valence-electron chi connectivity index (χ3n) is 1.44. The lowest BCUT2D eigenvalue weighted by Gasteiger charge is -2.05. The molecule has 6 heteroatoms. The van der Waals surface area contributed by atoms with Crippen LogP contribution in [-0.2, 0) is 0 Å². The number of alkyl halides is 3. The standard InChI is InChI=1S/C8H3BrF3IO/c9-5-2-1-4(3-6(5)13)7(14)8(10,11)12/h1-3H. The van der Waals surface area contributed by atoms with Crippen LogP contribution in [0.2, 0.25) is 0 Å². The fourth-order valence-corrected chi connectivity index (χ4v) is 1.56. The van der Waals surface area contributed by atoms with E-state index in [1.165, 1.54) is 12.1 Å². The molecule has 0 saturated heterocycles. The fourth-order valence-electron chi connectivity index (χ4n) is 0.801. The first-order chi connectivity index (χ1) is 6.32. The Kier molecular flexibility index (Phi) is 3.57. The minimum Gasteiger partial charge on any atom is -0.284 e. The van der Waals surface area contributed by atoms with Crippen LogP contribution in [0.25, 0.3) is 0 Å². The van der Waals surface area contributed by atoms with Crippen LogP contribution in [0.1, 0.15) is 10.4 Å². The first kappa shape index (κ1) is 12.0. The second-order valence-corrected chi connectivity index (χ2v) is 4.47. The third-order valence-corrected chi connectivity index (χ3v) is 3.76. The zero-order valence-corrected chi connectivity index (χ0v) is 10.3. The molecule has 0 aliphatic carbocycles. The maximum absolute atomic E-state index is 12.0. The summed E-state index contributed by atoms with van der Waals surface area (Å²) in [6.45, 7) is 0. The van der Waals surface area contributed by atoms with E-state index in [1.54, 1.807) is 0 Å². The predicted molar refractivity (Wildman–Crippen MR) is 57.2 cm³/mol. The summed E-state index contributed by atoms with van der Waals surface area (Å²) in [5.41, 5.74) is -0.342. The van der Waals surface area contributed by atoms with Gasteiger partial charge in [0.1, 0.15) is 0 Å². The van der Waals surface area contributed by atoms with E-state index in [0.29, 0.717) is 8.04 Å². The van der Waals surface area contributed by atoms with Gasteiger partial charge >= 0.3 is 6.18 Å². The monoisotopic (exact) mass is 378 g/mol. The highest BCUT2D eigenvalue weighted by Gasteiger charge is 2.39. The number of ketones is 1. The molecule has 0 N–H and O–H groups in total. The molecule has 0 atom stereocenters. The number of Topliss-reactive ketones (excluding diaryl/α,β-unsaturated/α-hetero) is 1. The molecule has 1 nitrogen and oxygen atoms in total. The van der Waals surface area contributed by atoms with Crippen molar-refractivity contribution in [1.29, 1.82) is 0 Å². The van der Waals surface area contributed by atoms with E-state index in [-0.39, 0.29) is 5.56 Å². The van der Waals surface area contributed by atoms with Crippen molar-refractivity contribution in [3.8, 4) is 0 Å². The van der Waals surface area contributed by atoms with E-state index >= 15 is 0 Å². The van der Waals surface area contributed by atoms with Crippen LogP contribution in [0.15, 0.2) is 22.7 Å². The molecule has 0 aliphatic rings. The molecule has 0 amide bonds. The Bertz CT molecular complexity index is 375. The molecule has 0 heterocycles. The van der Waals surface area contributed by atoms with Crippen LogP contribution in [0.4, 0.5) is 13.2 Å². The average molecular weight is 379 g/mol. The zero-order valence-electron chi connectivity index (χ0n) is 6.53. The molecule has 0 radical (unpaired) electrons. The number of halogens is 5. The highest BCUT2D eigenvalue weighted by molar-refractivity contribution is 14.1. The predicted octanol–water partition coefficient (Wildman–Crippen LogP) is 3.80. The summed E-state index contributed by atoms with van der Waals surface area (Å²) in [6.07, 6.45) is -4.81. The van der Waals surface area contributed by atoms with Crippen LogP contribution in [0.3, 0.4) is 0 Å². The SMILES string of the molecule is O=C(c1ccc(Br)c(I)c1)C(F)(F)F. The summed E-state index contributed by atoms with van der Waals surface area (Å²) in [6, 6.07) is 3.75. The maximum Gasteiger partial charge on any atom is 0.454 e. The van der Waals surface area contributed by atoms with Crippen molar-refractivity contribution in [2.75, 3.05) is 0 Å². The van der Waals surface area contributed by atoms with Crippen molar-refractivity contribution >= 4 is 44.3 Å². The Balaban J connectivity index is 3.10.